The number of anilines is 1. The number of H-pyrrole nitrogens is 1. The minimum atomic E-state index is -0.337. The number of aromatic nitrogens is 2. The standard InChI is InChI=1S/C22H18FN3O3S2/c1-12-3-8-17(29-2)16(9-12)24-18(27)11-31-22-25-20(28)19-15(10-30-21(19)26-22)13-4-6-14(23)7-5-13/h3-10H,11H2,1-2H3,(H,24,27)(H,25,26,28). The van der Waals surface area contributed by atoms with E-state index in [4.69, 9.17) is 4.74 Å². The van der Waals surface area contributed by atoms with Crippen molar-refractivity contribution < 1.29 is 13.9 Å². The number of thioether (sulfide) groups is 1. The molecular formula is C22H18FN3O3S2. The molecule has 31 heavy (non-hydrogen) atoms. The Morgan fingerprint density at radius 2 is 2.03 bits per heavy atom. The van der Waals surface area contributed by atoms with Gasteiger partial charge < -0.3 is 15.0 Å². The molecule has 0 spiro atoms. The average molecular weight is 456 g/mol. The Morgan fingerprint density at radius 1 is 1.26 bits per heavy atom. The largest absolute Gasteiger partial charge is 0.495 e. The topological polar surface area (TPSA) is 84.1 Å². The van der Waals surface area contributed by atoms with E-state index in [1.54, 1.807) is 25.3 Å². The highest BCUT2D eigenvalue weighted by Gasteiger charge is 2.15. The highest BCUT2D eigenvalue weighted by atomic mass is 32.2. The van der Waals surface area contributed by atoms with Crippen molar-refractivity contribution in [1.82, 2.24) is 9.97 Å². The van der Waals surface area contributed by atoms with Crippen molar-refractivity contribution in [2.24, 2.45) is 0 Å². The zero-order valence-electron chi connectivity index (χ0n) is 16.7. The molecule has 0 saturated carbocycles. The number of rotatable bonds is 6. The first-order valence-corrected chi connectivity index (χ1v) is 11.2. The summed E-state index contributed by atoms with van der Waals surface area (Å²) < 4.78 is 18.5. The summed E-state index contributed by atoms with van der Waals surface area (Å²) in [6, 6.07) is 11.5. The summed E-state index contributed by atoms with van der Waals surface area (Å²) in [6.45, 7) is 1.93. The molecule has 0 radical (unpaired) electrons. The van der Waals surface area contributed by atoms with Crippen LogP contribution in [0.15, 0.2) is 57.8 Å². The van der Waals surface area contributed by atoms with Crippen LogP contribution in [0.1, 0.15) is 5.56 Å². The number of ether oxygens (including phenoxy) is 1. The number of thiophene rings is 1. The van der Waals surface area contributed by atoms with E-state index < -0.39 is 0 Å². The van der Waals surface area contributed by atoms with Gasteiger partial charge in [-0.25, -0.2) is 9.37 Å². The first-order valence-electron chi connectivity index (χ1n) is 9.29. The van der Waals surface area contributed by atoms with Crippen LogP contribution >= 0.6 is 23.1 Å². The van der Waals surface area contributed by atoms with Crippen molar-refractivity contribution in [2.75, 3.05) is 18.2 Å². The molecule has 2 aromatic carbocycles. The van der Waals surface area contributed by atoms with Gasteiger partial charge in [0.15, 0.2) is 5.16 Å². The Bertz CT molecular complexity index is 1320. The number of amides is 1. The second-order valence-corrected chi connectivity index (χ2v) is 8.57. The minimum Gasteiger partial charge on any atom is -0.495 e. The summed E-state index contributed by atoms with van der Waals surface area (Å²) in [5, 5.41) is 5.46. The van der Waals surface area contributed by atoms with Gasteiger partial charge in [-0.1, -0.05) is 30.0 Å². The Balaban J connectivity index is 1.51. The summed E-state index contributed by atoms with van der Waals surface area (Å²) in [5.74, 6) is 0.0658. The number of carbonyl (C=O) groups is 1. The number of hydrogen-bond acceptors (Lipinski definition) is 6. The number of fused-ring (bicyclic) bond motifs is 1. The van der Waals surface area contributed by atoms with E-state index in [0.29, 0.717) is 32.4 Å². The number of aryl methyl sites for hydroxylation is 1. The summed E-state index contributed by atoms with van der Waals surface area (Å²) >= 11 is 2.47. The van der Waals surface area contributed by atoms with E-state index in [-0.39, 0.29) is 23.0 Å². The molecule has 4 aromatic rings. The molecule has 158 valence electrons. The lowest BCUT2D eigenvalue weighted by atomic mass is 10.1. The van der Waals surface area contributed by atoms with Gasteiger partial charge in [0.05, 0.1) is 23.9 Å². The maximum Gasteiger partial charge on any atom is 0.260 e. The lowest BCUT2D eigenvalue weighted by Gasteiger charge is -2.10. The van der Waals surface area contributed by atoms with E-state index in [1.807, 2.05) is 24.4 Å². The van der Waals surface area contributed by atoms with Gasteiger partial charge in [-0.3, -0.25) is 9.59 Å². The predicted octanol–water partition coefficient (Wildman–Crippen LogP) is 4.84. The number of nitrogens with zero attached hydrogens (tertiary/aromatic N) is 1. The van der Waals surface area contributed by atoms with Crippen molar-refractivity contribution in [3.8, 4) is 16.9 Å². The van der Waals surface area contributed by atoms with E-state index in [1.165, 1.54) is 23.5 Å². The van der Waals surface area contributed by atoms with Gasteiger partial charge in [0, 0.05) is 10.9 Å². The molecule has 0 aliphatic heterocycles. The van der Waals surface area contributed by atoms with Crippen LogP contribution in [0.3, 0.4) is 0 Å². The first kappa shape index (κ1) is 21.1. The van der Waals surface area contributed by atoms with Crippen LogP contribution in [-0.4, -0.2) is 28.7 Å². The van der Waals surface area contributed by atoms with Crippen molar-refractivity contribution in [3.05, 3.63) is 69.6 Å². The SMILES string of the molecule is COc1ccc(C)cc1NC(=O)CSc1nc2scc(-c3ccc(F)cc3)c2c(=O)[nH]1. The maximum atomic E-state index is 13.2. The monoisotopic (exact) mass is 455 g/mol. The molecule has 1 amide bonds. The summed E-state index contributed by atoms with van der Waals surface area (Å²) in [6.07, 6.45) is 0. The highest BCUT2D eigenvalue weighted by Crippen LogP contribution is 2.32. The van der Waals surface area contributed by atoms with Gasteiger partial charge in [0.1, 0.15) is 16.4 Å². The maximum absolute atomic E-state index is 13.2. The van der Waals surface area contributed by atoms with E-state index in [2.05, 4.69) is 15.3 Å². The summed E-state index contributed by atoms with van der Waals surface area (Å²) in [7, 11) is 1.54. The van der Waals surface area contributed by atoms with Gasteiger partial charge in [0.2, 0.25) is 5.91 Å². The molecule has 0 bridgehead atoms. The molecular weight excluding hydrogens is 437 g/mol. The normalized spacial score (nSPS) is 10.9. The van der Waals surface area contributed by atoms with Crippen LogP contribution in [0, 0.1) is 12.7 Å². The number of methoxy groups -OCH3 is 1. The van der Waals surface area contributed by atoms with E-state index >= 15 is 0 Å². The van der Waals surface area contributed by atoms with Crippen LogP contribution in [-0.2, 0) is 4.79 Å². The summed E-state index contributed by atoms with van der Waals surface area (Å²) in [5.41, 5.74) is 2.73. The number of aromatic amines is 1. The summed E-state index contributed by atoms with van der Waals surface area (Å²) in [4.78, 5) is 32.8. The van der Waals surface area contributed by atoms with Crippen molar-refractivity contribution >= 4 is 44.9 Å². The van der Waals surface area contributed by atoms with Crippen molar-refractivity contribution in [3.63, 3.8) is 0 Å². The fourth-order valence-corrected chi connectivity index (χ4v) is 4.75. The van der Waals surface area contributed by atoms with Crippen LogP contribution in [0.2, 0.25) is 0 Å². The predicted molar refractivity (Wildman–Crippen MR) is 123 cm³/mol. The molecule has 0 aliphatic carbocycles. The second kappa shape index (κ2) is 8.91. The number of halogens is 1. The molecule has 9 heteroatoms. The third-order valence-electron chi connectivity index (χ3n) is 4.55. The van der Waals surface area contributed by atoms with Gasteiger partial charge in [-0.15, -0.1) is 11.3 Å². The van der Waals surface area contributed by atoms with Crippen LogP contribution in [0.25, 0.3) is 21.3 Å². The van der Waals surface area contributed by atoms with Gasteiger partial charge >= 0.3 is 0 Å². The number of hydrogen-bond donors (Lipinski definition) is 2. The zero-order chi connectivity index (χ0) is 22.0. The lowest BCUT2D eigenvalue weighted by molar-refractivity contribution is -0.113. The Hall–Kier alpha value is -3.17. The molecule has 0 saturated heterocycles. The molecule has 2 aromatic heterocycles. The Morgan fingerprint density at radius 3 is 2.77 bits per heavy atom. The molecule has 6 nitrogen and oxygen atoms in total. The molecule has 4 rings (SSSR count). The van der Waals surface area contributed by atoms with Crippen LogP contribution in [0.5, 0.6) is 5.75 Å². The van der Waals surface area contributed by atoms with E-state index in [0.717, 1.165) is 22.9 Å². The Kier molecular flexibility index (Phi) is 6.06. The van der Waals surface area contributed by atoms with Gasteiger partial charge in [0.25, 0.3) is 5.56 Å². The highest BCUT2D eigenvalue weighted by molar-refractivity contribution is 7.99. The third-order valence-corrected chi connectivity index (χ3v) is 6.29. The fourth-order valence-electron chi connectivity index (χ4n) is 3.08. The molecule has 0 atom stereocenters. The molecule has 0 unspecified atom stereocenters. The number of carbonyl (C=O) groups excluding carboxylic acids is 1. The third kappa shape index (κ3) is 4.62. The number of benzene rings is 2. The smallest absolute Gasteiger partial charge is 0.260 e. The second-order valence-electron chi connectivity index (χ2n) is 6.75. The van der Waals surface area contributed by atoms with Crippen LogP contribution < -0.4 is 15.6 Å². The van der Waals surface area contributed by atoms with Gasteiger partial charge in [-0.2, -0.15) is 0 Å². The quantitative estimate of drug-likeness (QED) is 0.321. The van der Waals surface area contributed by atoms with E-state index in [9.17, 15) is 14.0 Å². The van der Waals surface area contributed by atoms with Gasteiger partial charge in [-0.05, 0) is 42.3 Å². The number of nitrogens with one attached hydrogen (secondary N) is 2. The van der Waals surface area contributed by atoms with Crippen LogP contribution in [0.4, 0.5) is 10.1 Å². The minimum absolute atomic E-state index is 0.0712. The lowest BCUT2D eigenvalue weighted by Crippen LogP contribution is -2.16. The molecule has 2 N–H and O–H groups in total. The molecule has 2 heterocycles. The molecule has 0 fully saturated rings. The first-order chi connectivity index (χ1) is 14.9. The zero-order valence-corrected chi connectivity index (χ0v) is 18.3. The molecule has 0 aliphatic rings. The fraction of sp³-hybridized carbons (Fsp3) is 0.136. The van der Waals surface area contributed by atoms with Crippen molar-refractivity contribution in [1.29, 1.82) is 0 Å². The Labute approximate surface area is 185 Å². The average Bonchev–Trinajstić information content (AvgIpc) is 3.18. The van der Waals surface area contributed by atoms with Crippen molar-refractivity contribution in [2.45, 2.75) is 12.1 Å².